The molecule has 1 N–H and O–H groups in total. The van der Waals surface area contributed by atoms with Gasteiger partial charge in [-0.25, -0.2) is 0 Å². The van der Waals surface area contributed by atoms with Crippen LogP contribution in [0.25, 0.3) is 0 Å². The fourth-order valence-corrected chi connectivity index (χ4v) is 2.52. The van der Waals surface area contributed by atoms with Gasteiger partial charge in [0.15, 0.2) is 0 Å². The summed E-state index contributed by atoms with van der Waals surface area (Å²) < 4.78 is 5.36. The summed E-state index contributed by atoms with van der Waals surface area (Å²) in [7, 11) is 0. The summed E-state index contributed by atoms with van der Waals surface area (Å²) in [6, 6.07) is 10.1. The summed E-state index contributed by atoms with van der Waals surface area (Å²) >= 11 is 0. The standard InChI is InChI=1S/C15H21NO3/c17-8-7-16(10-14-4-2-1-3-5-14)11-15(12-18)6-9-19-13-15/h1-5,12,17H,6-11,13H2. The molecule has 1 saturated heterocycles. The van der Waals surface area contributed by atoms with Crippen LogP contribution in [-0.4, -0.2) is 49.2 Å². The van der Waals surface area contributed by atoms with Crippen molar-refractivity contribution < 1.29 is 14.6 Å². The van der Waals surface area contributed by atoms with Crippen molar-refractivity contribution in [2.24, 2.45) is 5.41 Å². The molecule has 0 amide bonds. The number of carbonyl (C=O) groups is 1. The molecule has 0 saturated carbocycles. The first-order valence-corrected chi connectivity index (χ1v) is 6.69. The predicted molar refractivity (Wildman–Crippen MR) is 72.7 cm³/mol. The predicted octanol–water partition coefficient (Wildman–Crippen LogP) is 1.09. The van der Waals surface area contributed by atoms with E-state index in [0.29, 0.717) is 26.3 Å². The van der Waals surface area contributed by atoms with Gasteiger partial charge in [0.25, 0.3) is 0 Å². The van der Waals surface area contributed by atoms with Crippen molar-refractivity contribution in [1.82, 2.24) is 4.90 Å². The number of hydrogen-bond donors (Lipinski definition) is 1. The number of aliphatic hydroxyl groups is 1. The van der Waals surface area contributed by atoms with Crippen molar-refractivity contribution in [2.45, 2.75) is 13.0 Å². The number of hydrogen-bond acceptors (Lipinski definition) is 4. The molecule has 0 radical (unpaired) electrons. The SMILES string of the molecule is O=CC1(CN(CCO)Cc2ccccc2)CCOC1. The second-order valence-corrected chi connectivity index (χ2v) is 5.20. The largest absolute Gasteiger partial charge is 0.395 e. The summed E-state index contributed by atoms with van der Waals surface area (Å²) in [6.07, 6.45) is 1.79. The molecular formula is C15H21NO3. The average molecular weight is 263 g/mol. The third-order valence-electron chi connectivity index (χ3n) is 3.59. The average Bonchev–Trinajstić information content (AvgIpc) is 2.89. The molecule has 1 atom stereocenters. The van der Waals surface area contributed by atoms with E-state index >= 15 is 0 Å². The molecule has 4 nitrogen and oxygen atoms in total. The highest BCUT2D eigenvalue weighted by atomic mass is 16.5. The topological polar surface area (TPSA) is 49.8 Å². The summed E-state index contributed by atoms with van der Waals surface area (Å²) in [6.45, 7) is 3.21. The highest BCUT2D eigenvalue weighted by Gasteiger charge is 2.36. The van der Waals surface area contributed by atoms with Gasteiger partial charge in [0.1, 0.15) is 6.29 Å². The molecule has 1 heterocycles. The summed E-state index contributed by atoms with van der Waals surface area (Å²) in [5.41, 5.74) is 0.792. The van der Waals surface area contributed by atoms with Crippen LogP contribution in [0, 0.1) is 5.41 Å². The lowest BCUT2D eigenvalue weighted by atomic mass is 9.88. The number of rotatable bonds is 7. The van der Waals surface area contributed by atoms with E-state index in [4.69, 9.17) is 4.74 Å². The first-order valence-electron chi connectivity index (χ1n) is 6.69. The monoisotopic (exact) mass is 263 g/mol. The maximum Gasteiger partial charge on any atom is 0.129 e. The van der Waals surface area contributed by atoms with Gasteiger partial charge >= 0.3 is 0 Å². The summed E-state index contributed by atoms with van der Waals surface area (Å²) in [5, 5.41) is 9.18. The number of carbonyl (C=O) groups excluding carboxylic acids is 1. The van der Waals surface area contributed by atoms with Gasteiger partial charge < -0.3 is 14.6 Å². The van der Waals surface area contributed by atoms with Crippen molar-refractivity contribution in [3.8, 4) is 0 Å². The van der Waals surface area contributed by atoms with Crippen LogP contribution in [0.5, 0.6) is 0 Å². The molecule has 1 aromatic rings. The first kappa shape index (κ1) is 14.2. The van der Waals surface area contributed by atoms with Crippen LogP contribution in [0.3, 0.4) is 0 Å². The van der Waals surface area contributed by atoms with Crippen LogP contribution < -0.4 is 0 Å². The van der Waals surface area contributed by atoms with Gasteiger partial charge in [0.2, 0.25) is 0 Å². The zero-order valence-electron chi connectivity index (χ0n) is 11.1. The van der Waals surface area contributed by atoms with Crippen LogP contribution in [-0.2, 0) is 16.1 Å². The van der Waals surface area contributed by atoms with Crippen molar-refractivity contribution >= 4 is 6.29 Å². The minimum atomic E-state index is -0.399. The summed E-state index contributed by atoms with van der Waals surface area (Å²) in [4.78, 5) is 13.5. The smallest absolute Gasteiger partial charge is 0.129 e. The molecule has 0 aliphatic carbocycles. The fraction of sp³-hybridized carbons (Fsp3) is 0.533. The fourth-order valence-electron chi connectivity index (χ4n) is 2.52. The van der Waals surface area contributed by atoms with Crippen molar-refractivity contribution in [2.75, 3.05) is 32.9 Å². The Bertz CT molecular complexity index is 388. The molecule has 1 aliphatic rings. The van der Waals surface area contributed by atoms with E-state index in [1.807, 2.05) is 18.2 Å². The number of aldehydes is 1. The Morgan fingerprint density at radius 2 is 2.16 bits per heavy atom. The van der Waals surface area contributed by atoms with Gasteiger partial charge in [0, 0.05) is 26.2 Å². The third-order valence-corrected chi connectivity index (χ3v) is 3.59. The lowest BCUT2D eigenvalue weighted by Crippen LogP contribution is -2.40. The molecule has 19 heavy (non-hydrogen) atoms. The lowest BCUT2D eigenvalue weighted by molar-refractivity contribution is -0.117. The van der Waals surface area contributed by atoms with E-state index < -0.39 is 5.41 Å². The van der Waals surface area contributed by atoms with Gasteiger partial charge in [-0.2, -0.15) is 0 Å². The molecule has 1 aromatic carbocycles. The highest BCUT2D eigenvalue weighted by Crippen LogP contribution is 2.27. The Morgan fingerprint density at radius 1 is 1.37 bits per heavy atom. The maximum atomic E-state index is 11.4. The molecule has 0 spiro atoms. The van der Waals surface area contributed by atoms with Crippen LogP contribution in [0.2, 0.25) is 0 Å². The van der Waals surface area contributed by atoms with E-state index in [2.05, 4.69) is 17.0 Å². The normalized spacial score (nSPS) is 22.8. The van der Waals surface area contributed by atoms with E-state index in [1.54, 1.807) is 0 Å². The third kappa shape index (κ3) is 3.86. The molecule has 0 aromatic heterocycles. The van der Waals surface area contributed by atoms with Gasteiger partial charge in [-0.1, -0.05) is 30.3 Å². The Hall–Kier alpha value is -1.23. The second kappa shape index (κ2) is 6.80. The van der Waals surface area contributed by atoms with Crippen molar-refractivity contribution in [3.05, 3.63) is 35.9 Å². The molecule has 1 unspecified atom stereocenters. The van der Waals surface area contributed by atoms with E-state index in [-0.39, 0.29) is 6.61 Å². The first-order chi connectivity index (χ1) is 9.28. The number of nitrogens with zero attached hydrogens (tertiary/aromatic N) is 1. The highest BCUT2D eigenvalue weighted by molar-refractivity contribution is 5.60. The van der Waals surface area contributed by atoms with Crippen LogP contribution in [0.4, 0.5) is 0 Å². The molecule has 0 bridgehead atoms. The van der Waals surface area contributed by atoms with Crippen molar-refractivity contribution in [3.63, 3.8) is 0 Å². The van der Waals surface area contributed by atoms with E-state index in [9.17, 15) is 9.90 Å². The van der Waals surface area contributed by atoms with Gasteiger partial charge in [-0.05, 0) is 12.0 Å². The van der Waals surface area contributed by atoms with E-state index in [0.717, 1.165) is 19.3 Å². The Kier molecular flexibility index (Phi) is 5.07. The zero-order chi connectivity index (χ0) is 13.6. The molecule has 4 heteroatoms. The molecule has 2 rings (SSSR count). The zero-order valence-corrected chi connectivity index (χ0v) is 11.1. The minimum Gasteiger partial charge on any atom is -0.395 e. The van der Waals surface area contributed by atoms with Gasteiger partial charge in [0.05, 0.1) is 18.6 Å². The molecular weight excluding hydrogens is 242 g/mol. The Balaban J connectivity index is 2.01. The lowest BCUT2D eigenvalue weighted by Gasteiger charge is -2.29. The maximum absolute atomic E-state index is 11.4. The Labute approximate surface area is 114 Å². The Morgan fingerprint density at radius 3 is 2.74 bits per heavy atom. The van der Waals surface area contributed by atoms with Gasteiger partial charge in [-0.3, -0.25) is 4.90 Å². The number of ether oxygens (including phenoxy) is 1. The number of aliphatic hydroxyl groups excluding tert-OH is 1. The van der Waals surface area contributed by atoms with Crippen LogP contribution in [0.1, 0.15) is 12.0 Å². The quantitative estimate of drug-likeness (QED) is 0.748. The van der Waals surface area contributed by atoms with Crippen LogP contribution >= 0.6 is 0 Å². The van der Waals surface area contributed by atoms with E-state index in [1.165, 1.54) is 5.56 Å². The molecule has 1 fully saturated rings. The van der Waals surface area contributed by atoms with Crippen molar-refractivity contribution in [1.29, 1.82) is 0 Å². The second-order valence-electron chi connectivity index (χ2n) is 5.20. The summed E-state index contributed by atoms with van der Waals surface area (Å²) in [5.74, 6) is 0. The van der Waals surface area contributed by atoms with Gasteiger partial charge in [-0.15, -0.1) is 0 Å². The van der Waals surface area contributed by atoms with Crippen LogP contribution in [0.15, 0.2) is 30.3 Å². The molecule has 1 aliphatic heterocycles. The minimum absolute atomic E-state index is 0.0998. The molecule has 104 valence electrons. The number of benzene rings is 1.